The Balaban J connectivity index is 1.66. The Hall–Kier alpha value is -2.40. The topological polar surface area (TPSA) is 58.6 Å². The molecule has 0 aromatic heterocycles. The largest absolute Gasteiger partial charge is 0.493 e. The highest BCUT2D eigenvalue weighted by Gasteiger charge is 2.27. The van der Waals surface area contributed by atoms with Gasteiger partial charge in [-0.1, -0.05) is 36.4 Å². The maximum Gasteiger partial charge on any atom is 0.227 e. The number of rotatable bonds is 4. The molecule has 2 aromatic rings. The van der Waals surface area contributed by atoms with Crippen molar-refractivity contribution in [3.8, 4) is 5.75 Å². The molecule has 1 aliphatic rings. The van der Waals surface area contributed by atoms with E-state index in [9.17, 15) is 14.3 Å². The van der Waals surface area contributed by atoms with Crippen LogP contribution in [-0.2, 0) is 4.79 Å². The Morgan fingerprint density at radius 2 is 2.00 bits per heavy atom. The molecule has 1 heterocycles. The Labute approximate surface area is 133 Å². The van der Waals surface area contributed by atoms with E-state index in [2.05, 4.69) is 5.32 Å². The van der Waals surface area contributed by atoms with E-state index in [1.165, 1.54) is 12.1 Å². The lowest BCUT2D eigenvalue weighted by molar-refractivity contribution is -0.123. The fraction of sp³-hybridized carbons (Fsp3) is 0.278. The van der Waals surface area contributed by atoms with Crippen molar-refractivity contribution in [1.29, 1.82) is 0 Å². The molecule has 0 saturated heterocycles. The van der Waals surface area contributed by atoms with Crippen LogP contribution >= 0.6 is 0 Å². The number of fused-ring (bicyclic) bond motifs is 1. The van der Waals surface area contributed by atoms with Crippen LogP contribution in [0, 0.1) is 5.82 Å². The van der Waals surface area contributed by atoms with Gasteiger partial charge in [0.1, 0.15) is 11.6 Å². The van der Waals surface area contributed by atoms with Crippen LogP contribution in [0.25, 0.3) is 0 Å². The monoisotopic (exact) mass is 315 g/mol. The average molecular weight is 315 g/mol. The fourth-order valence-electron chi connectivity index (χ4n) is 2.79. The predicted molar refractivity (Wildman–Crippen MR) is 83.7 cm³/mol. The Kier molecular flexibility index (Phi) is 4.57. The van der Waals surface area contributed by atoms with Gasteiger partial charge >= 0.3 is 0 Å². The van der Waals surface area contributed by atoms with Crippen LogP contribution in [0.3, 0.4) is 0 Å². The third kappa shape index (κ3) is 3.35. The van der Waals surface area contributed by atoms with Gasteiger partial charge in [0.2, 0.25) is 5.91 Å². The maximum absolute atomic E-state index is 13.6. The number of para-hydroxylation sites is 1. The first kappa shape index (κ1) is 15.5. The summed E-state index contributed by atoms with van der Waals surface area (Å²) in [6, 6.07) is 13.4. The molecule has 0 spiro atoms. The highest BCUT2D eigenvalue weighted by molar-refractivity contribution is 5.84. The molecule has 23 heavy (non-hydrogen) atoms. The molecular formula is C18H18FNO3. The summed E-state index contributed by atoms with van der Waals surface area (Å²) in [6.45, 7) is 0.449. The molecule has 0 bridgehead atoms. The molecular weight excluding hydrogens is 297 g/mol. The SMILES string of the molecule is O=C(NC[C@@H](O)c1ccccc1F)[C@@H]1CCOc2ccccc21. The second-order valence-electron chi connectivity index (χ2n) is 5.51. The summed E-state index contributed by atoms with van der Waals surface area (Å²) >= 11 is 0. The minimum Gasteiger partial charge on any atom is -0.493 e. The number of hydrogen-bond donors (Lipinski definition) is 2. The van der Waals surface area contributed by atoms with Gasteiger partial charge in [-0.25, -0.2) is 4.39 Å². The van der Waals surface area contributed by atoms with Gasteiger partial charge in [-0.3, -0.25) is 4.79 Å². The number of carbonyl (C=O) groups excluding carboxylic acids is 1. The van der Waals surface area contributed by atoms with Crippen molar-refractivity contribution in [2.24, 2.45) is 0 Å². The van der Waals surface area contributed by atoms with Gasteiger partial charge in [0, 0.05) is 17.7 Å². The van der Waals surface area contributed by atoms with Crippen LogP contribution in [-0.4, -0.2) is 24.2 Å². The van der Waals surface area contributed by atoms with Crippen LogP contribution in [0.5, 0.6) is 5.75 Å². The first-order valence-electron chi connectivity index (χ1n) is 7.58. The second kappa shape index (κ2) is 6.79. The van der Waals surface area contributed by atoms with Gasteiger partial charge in [-0.15, -0.1) is 0 Å². The number of hydrogen-bond acceptors (Lipinski definition) is 3. The lowest BCUT2D eigenvalue weighted by atomic mass is 9.92. The van der Waals surface area contributed by atoms with E-state index in [-0.39, 0.29) is 23.9 Å². The quantitative estimate of drug-likeness (QED) is 0.911. The van der Waals surface area contributed by atoms with Crippen molar-refractivity contribution in [2.75, 3.05) is 13.2 Å². The van der Waals surface area contributed by atoms with Crippen LogP contribution in [0.4, 0.5) is 4.39 Å². The molecule has 0 saturated carbocycles. The number of ether oxygens (including phenoxy) is 1. The van der Waals surface area contributed by atoms with E-state index in [4.69, 9.17) is 4.74 Å². The molecule has 0 unspecified atom stereocenters. The van der Waals surface area contributed by atoms with Crippen molar-refractivity contribution in [3.63, 3.8) is 0 Å². The average Bonchev–Trinajstić information content (AvgIpc) is 2.59. The molecule has 1 aliphatic heterocycles. The van der Waals surface area contributed by atoms with Gasteiger partial charge in [-0.2, -0.15) is 0 Å². The second-order valence-corrected chi connectivity index (χ2v) is 5.51. The lowest BCUT2D eigenvalue weighted by Crippen LogP contribution is -2.35. The standard InChI is InChI=1S/C18H18FNO3/c19-15-7-3-1-6-14(15)16(21)11-20-18(22)13-9-10-23-17-8-4-2-5-12(13)17/h1-8,13,16,21H,9-11H2,(H,20,22)/t13-,16-/m1/s1. The molecule has 2 aromatic carbocycles. The number of benzene rings is 2. The van der Waals surface area contributed by atoms with E-state index in [1.54, 1.807) is 12.1 Å². The summed E-state index contributed by atoms with van der Waals surface area (Å²) < 4.78 is 19.2. The van der Waals surface area contributed by atoms with E-state index >= 15 is 0 Å². The third-order valence-corrected chi connectivity index (χ3v) is 4.01. The third-order valence-electron chi connectivity index (χ3n) is 4.01. The van der Waals surface area contributed by atoms with E-state index in [1.807, 2.05) is 24.3 Å². The van der Waals surface area contributed by atoms with Crippen molar-refractivity contribution in [3.05, 3.63) is 65.5 Å². The minimum absolute atomic E-state index is 0.0285. The van der Waals surface area contributed by atoms with Crippen molar-refractivity contribution < 1.29 is 19.0 Å². The highest BCUT2D eigenvalue weighted by Crippen LogP contribution is 2.33. The van der Waals surface area contributed by atoms with Crippen LogP contribution in [0.2, 0.25) is 0 Å². The van der Waals surface area contributed by atoms with Gasteiger partial charge in [0.25, 0.3) is 0 Å². The number of amides is 1. The van der Waals surface area contributed by atoms with E-state index < -0.39 is 11.9 Å². The Morgan fingerprint density at radius 3 is 2.83 bits per heavy atom. The number of aliphatic hydroxyl groups excluding tert-OH is 1. The highest BCUT2D eigenvalue weighted by atomic mass is 19.1. The molecule has 5 heteroatoms. The summed E-state index contributed by atoms with van der Waals surface area (Å²) in [5.41, 5.74) is 1.02. The molecule has 0 radical (unpaired) electrons. The zero-order valence-corrected chi connectivity index (χ0v) is 12.5. The van der Waals surface area contributed by atoms with Gasteiger partial charge in [0.05, 0.1) is 18.6 Å². The molecule has 3 rings (SSSR count). The Morgan fingerprint density at radius 1 is 1.26 bits per heavy atom. The number of halogens is 1. The number of aliphatic hydroxyl groups is 1. The van der Waals surface area contributed by atoms with Crippen LogP contribution in [0.1, 0.15) is 29.6 Å². The van der Waals surface area contributed by atoms with Crippen molar-refractivity contribution >= 4 is 5.91 Å². The van der Waals surface area contributed by atoms with Gasteiger partial charge < -0.3 is 15.2 Å². The molecule has 4 nitrogen and oxygen atoms in total. The predicted octanol–water partition coefficient (Wildman–Crippen LogP) is 2.54. The molecule has 120 valence electrons. The molecule has 2 atom stereocenters. The van der Waals surface area contributed by atoms with Crippen molar-refractivity contribution in [1.82, 2.24) is 5.32 Å². The van der Waals surface area contributed by atoms with Crippen LogP contribution < -0.4 is 10.1 Å². The summed E-state index contributed by atoms with van der Waals surface area (Å²) in [6.07, 6.45) is -0.492. The van der Waals surface area contributed by atoms with Gasteiger partial charge in [-0.05, 0) is 18.6 Å². The fourth-order valence-corrected chi connectivity index (χ4v) is 2.79. The zero-order valence-electron chi connectivity index (χ0n) is 12.5. The summed E-state index contributed by atoms with van der Waals surface area (Å²) in [5.74, 6) is -0.261. The van der Waals surface area contributed by atoms with E-state index in [0.29, 0.717) is 18.8 Å². The smallest absolute Gasteiger partial charge is 0.227 e. The van der Waals surface area contributed by atoms with E-state index in [0.717, 1.165) is 5.56 Å². The van der Waals surface area contributed by atoms with Gasteiger partial charge in [0.15, 0.2) is 0 Å². The van der Waals surface area contributed by atoms with Crippen molar-refractivity contribution in [2.45, 2.75) is 18.4 Å². The lowest BCUT2D eigenvalue weighted by Gasteiger charge is -2.25. The minimum atomic E-state index is -1.07. The maximum atomic E-state index is 13.6. The first-order valence-corrected chi connectivity index (χ1v) is 7.58. The first-order chi connectivity index (χ1) is 11.2. The summed E-state index contributed by atoms with van der Waals surface area (Å²) in [7, 11) is 0. The molecule has 2 N–H and O–H groups in total. The molecule has 0 fully saturated rings. The molecule has 0 aliphatic carbocycles. The normalized spacial score (nSPS) is 17.7. The number of nitrogens with one attached hydrogen (secondary N) is 1. The molecule has 1 amide bonds. The summed E-state index contributed by atoms with van der Waals surface area (Å²) in [4.78, 5) is 12.4. The zero-order chi connectivity index (χ0) is 16.2. The van der Waals surface area contributed by atoms with Crippen LogP contribution in [0.15, 0.2) is 48.5 Å². The number of carbonyl (C=O) groups is 1. The summed E-state index contributed by atoms with van der Waals surface area (Å²) in [5, 5.41) is 12.8. The Bertz CT molecular complexity index is 704.